The summed E-state index contributed by atoms with van der Waals surface area (Å²) >= 11 is 0.320. The summed E-state index contributed by atoms with van der Waals surface area (Å²) < 4.78 is 41.4. The second-order valence-corrected chi connectivity index (χ2v) is 18.1. The van der Waals surface area contributed by atoms with Gasteiger partial charge in [0.25, 0.3) is 12.3 Å². The summed E-state index contributed by atoms with van der Waals surface area (Å²) in [7, 11) is -4.07. The van der Waals surface area contributed by atoms with Gasteiger partial charge in [-0.3, -0.25) is 18.6 Å². The lowest BCUT2D eigenvalue weighted by atomic mass is 9.92. The summed E-state index contributed by atoms with van der Waals surface area (Å²) in [4.78, 5) is 41.4. The Kier molecular flexibility index (Phi) is 18.7. The minimum Gasteiger partial charge on any atom is -0.404 e. The Balaban J connectivity index is 1.16. The molecule has 5 aromatic rings. The van der Waals surface area contributed by atoms with E-state index < -0.39 is 19.8 Å². The van der Waals surface area contributed by atoms with E-state index >= 15 is 0 Å². The van der Waals surface area contributed by atoms with Crippen molar-refractivity contribution in [3.63, 3.8) is 0 Å². The van der Waals surface area contributed by atoms with Crippen LogP contribution in [-0.4, -0.2) is 31.1 Å². The molecule has 0 unspecified atom stereocenters. The third-order valence-electron chi connectivity index (χ3n) is 9.67. The van der Waals surface area contributed by atoms with E-state index in [2.05, 4.69) is 43.2 Å². The number of benzene rings is 5. The first-order chi connectivity index (χ1) is 30.3. The van der Waals surface area contributed by atoms with Gasteiger partial charge < -0.3 is 28.4 Å². The number of carbonyl (C=O) groups excluding carboxylic acids is 3. The molecule has 0 spiro atoms. The zero-order valence-corrected chi connectivity index (χ0v) is 38.5. The number of hydrogen-bond donors (Lipinski definition) is 2. The maximum atomic E-state index is 13.7. The molecule has 0 heterocycles. The first-order valence-electron chi connectivity index (χ1n) is 21.1. The SMILES string of the molecule is CC[C@@H](CC(=O)OSOC(=O)Cc1ccc(OP(=O)(OCc2ccccc2)OCc2ccccc2)cc1)c1ccc(N(CC(C)C)CC(C)C)c(NC(=O)Nc2ccc(C)cc2)c1. The Bertz CT molecular complexity index is 2200. The molecule has 1 atom stereocenters. The molecule has 2 amide bonds. The Morgan fingerprint density at radius 1 is 0.683 bits per heavy atom. The molecule has 5 rings (SSSR count). The van der Waals surface area contributed by atoms with E-state index in [0.29, 0.717) is 47.5 Å². The Labute approximate surface area is 376 Å². The van der Waals surface area contributed by atoms with Crippen LogP contribution < -0.4 is 20.1 Å². The van der Waals surface area contributed by atoms with Crippen molar-refractivity contribution in [1.29, 1.82) is 0 Å². The van der Waals surface area contributed by atoms with Gasteiger partial charge in [-0.1, -0.05) is 131 Å². The average molecular weight is 896 g/mol. The van der Waals surface area contributed by atoms with Crippen LogP contribution in [0.15, 0.2) is 127 Å². The van der Waals surface area contributed by atoms with Gasteiger partial charge in [0.2, 0.25) is 0 Å². The van der Waals surface area contributed by atoms with E-state index in [0.717, 1.165) is 41.0 Å². The third-order valence-corrected chi connectivity index (χ3v) is 11.5. The predicted octanol–water partition coefficient (Wildman–Crippen LogP) is 12.5. The lowest BCUT2D eigenvalue weighted by molar-refractivity contribution is -0.135. The van der Waals surface area contributed by atoms with E-state index in [9.17, 15) is 18.9 Å². The van der Waals surface area contributed by atoms with Crippen LogP contribution in [0.3, 0.4) is 0 Å². The van der Waals surface area contributed by atoms with Crippen molar-refractivity contribution in [3.8, 4) is 5.75 Å². The van der Waals surface area contributed by atoms with Crippen molar-refractivity contribution >= 4 is 55.2 Å². The number of rotatable bonds is 23. The first kappa shape index (κ1) is 48.4. The molecule has 0 fully saturated rings. The number of phosphoric ester groups is 1. The van der Waals surface area contributed by atoms with E-state index in [1.807, 2.05) is 117 Å². The number of urea groups is 1. The highest BCUT2D eigenvalue weighted by Crippen LogP contribution is 2.51. The molecule has 63 heavy (non-hydrogen) atoms. The smallest absolute Gasteiger partial charge is 0.404 e. The van der Waals surface area contributed by atoms with Crippen LogP contribution in [0.4, 0.5) is 21.9 Å². The van der Waals surface area contributed by atoms with Gasteiger partial charge in [-0.2, -0.15) is 0 Å². The molecule has 5 aromatic carbocycles. The van der Waals surface area contributed by atoms with Crippen LogP contribution in [0.2, 0.25) is 0 Å². The quantitative estimate of drug-likeness (QED) is 0.0478. The normalized spacial score (nSPS) is 11.8. The van der Waals surface area contributed by atoms with Gasteiger partial charge in [-0.25, -0.2) is 9.36 Å². The Hall–Kier alpha value is -5.59. The van der Waals surface area contributed by atoms with Crippen LogP contribution >= 0.6 is 20.1 Å². The van der Waals surface area contributed by atoms with Crippen molar-refractivity contribution in [1.82, 2.24) is 0 Å². The summed E-state index contributed by atoms with van der Waals surface area (Å²) in [5.74, 6) is -0.462. The minimum absolute atomic E-state index is 0.00906. The summed E-state index contributed by atoms with van der Waals surface area (Å²) in [5, 5.41) is 6.00. The van der Waals surface area contributed by atoms with Crippen molar-refractivity contribution in [3.05, 3.63) is 155 Å². The topological polar surface area (TPSA) is 142 Å². The summed E-state index contributed by atoms with van der Waals surface area (Å²) in [6.45, 7) is 14.2. The third kappa shape index (κ3) is 16.6. The molecular formula is C49H58N3O9PS. The van der Waals surface area contributed by atoms with Gasteiger partial charge in [0.05, 0.1) is 37.4 Å². The van der Waals surface area contributed by atoms with Crippen LogP contribution in [0.5, 0.6) is 5.75 Å². The molecule has 0 saturated heterocycles. The molecule has 14 heteroatoms. The highest BCUT2D eigenvalue weighted by molar-refractivity contribution is 7.90. The molecule has 0 aliphatic rings. The molecule has 334 valence electrons. The second kappa shape index (κ2) is 24.3. The molecule has 0 saturated carbocycles. The highest BCUT2D eigenvalue weighted by atomic mass is 32.2. The van der Waals surface area contributed by atoms with Crippen molar-refractivity contribution in [2.75, 3.05) is 28.6 Å². The zero-order valence-electron chi connectivity index (χ0n) is 36.8. The van der Waals surface area contributed by atoms with E-state index in [1.54, 1.807) is 24.3 Å². The first-order valence-corrected chi connectivity index (χ1v) is 23.3. The maximum absolute atomic E-state index is 13.7. The molecule has 0 radical (unpaired) electrons. The van der Waals surface area contributed by atoms with Gasteiger partial charge in [0, 0.05) is 18.8 Å². The average Bonchev–Trinajstić information content (AvgIpc) is 3.26. The number of nitrogens with one attached hydrogen (secondary N) is 2. The van der Waals surface area contributed by atoms with Crippen molar-refractivity contribution < 1.29 is 40.9 Å². The van der Waals surface area contributed by atoms with Gasteiger partial charge >= 0.3 is 25.8 Å². The predicted molar refractivity (Wildman–Crippen MR) is 250 cm³/mol. The molecule has 12 nitrogen and oxygen atoms in total. The van der Waals surface area contributed by atoms with Crippen LogP contribution in [-0.2, 0) is 51.2 Å². The lowest BCUT2D eigenvalue weighted by Gasteiger charge is -2.31. The summed E-state index contributed by atoms with van der Waals surface area (Å²) in [6.07, 6.45) is 0.509. The summed E-state index contributed by atoms with van der Waals surface area (Å²) in [6, 6.07) is 38.0. The monoisotopic (exact) mass is 895 g/mol. The van der Waals surface area contributed by atoms with Gasteiger partial charge in [0.15, 0.2) is 0 Å². The van der Waals surface area contributed by atoms with Gasteiger partial charge in [0.1, 0.15) is 5.75 Å². The molecule has 0 aliphatic heterocycles. The number of amides is 2. The largest absolute Gasteiger partial charge is 0.530 e. The fourth-order valence-electron chi connectivity index (χ4n) is 6.62. The standard InChI is InChI=1S/C49H58N3O9PS/c1-7-41(42-22-27-46(52(31-35(2)3)32-36(4)5)45(29-42)51-49(55)50-43-23-18-37(6)19-24-43)30-48(54)61-63-60-47(53)28-38-20-25-44(26-21-38)59-62(56,57-33-39-14-10-8-11-15-39)58-34-40-16-12-9-13-17-40/h8-27,29,35-36,41H,7,28,30-34H2,1-6H3,(H2,50,51,55)/t41-/m0/s1. The number of anilines is 3. The number of aryl methyl sites for hydroxylation is 1. The van der Waals surface area contributed by atoms with Crippen molar-refractivity contribution in [2.45, 2.75) is 79.9 Å². The van der Waals surface area contributed by atoms with Crippen LogP contribution in [0, 0.1) is 18.8 Å². The summed E-state index contributed by atoms with van der Waals surface area (Å²) in [5.41, 5.74) is 6.32. The lowest BCUT2D eigenvalue weighted by Crippen LogP contribution is -2.32. The zero-order chi connectivity index (χ0) is 45.2. The number of hydrogen-bond acceptors (Lipinski definition) is 11. The number of carbonyl (C=O) groups is 3. The molecule has 0 bridgehead atoms. The fourth-order valence-corrected chi connectivity index (χ4v) is 8.11. The molecule has 0 aromatic heterocycles. The molecular weight excluding hydrogens is 838 g/mol. The number of nitrogens with zero attached hydrogens (tertiary/aromatic N) is 1. The van der Waals surface area contributed by atoms with E-state index in [-0.39, 0.29) is 43.8 Å². The van der Waals surface area contributed by atoms with Crippen molar-refractivity contribution in [2.24, 2.45) is 11.8 Å². The highest BCUT2D eigenvalue weighted by Gasteiger charge is 2.29. The second-order valence-electron chi connectivity index (χ2n) is 16.1. The Morgan fingerprint density at radius 3 is 1.81 bits per heavy atom. The maximum Gasteiger partial charge on any atom is 0.530 e. The molecule has 2 N–H and O–H groups in total. The molecule has 0 aliphatic carbocycles. The minimum atomic E-state index is -4.07. The number of phosphoric acid groups is 1. The van der Waals surface area contributed by atoms with E-state index in [4.69, 9.17) is 21.9 Å². The van der Waals surface area contributed by atoms with Crippen LogP contribution in [0.1, 0.15) is 81.2 Å². The van der Waals surface area contributed by atoms with Crippen LogP contribution in [0.25, 0.3) is 0 Å². The Morgan fingerprint density at radius 2 is 1.25 bits per heavy atom. The van der Waals surface area contributed by atoms with Gasteiger partial charge in [-0.15, -0.1) is 0 Å². The van der Waals surface area contributed by atoms with Gasteiger partial charge in [-0.05, 0) is 89.8 Å². The fraction of sp³-hybridized carbons (Fsp3) is 0.327. The van der Waals surface area contributed by atoms with E-state index in [1.165, 1.54) is 0 Å².